The first kappa shape index (κ1) is 24.1. The number of ketones is 1. The van der Waals surface area contributed by atoms with Gasteiger partial charge in [0.25, 0.3) is 5.78 Å². The average molecular weight is 531 g/mol. The summed E-state index contributed by atoms with van der Waals surface area (Å²) in [6.45, 7) is 4.35. The highest BCUT2D eigenvalue weighted by Crippen LogP contribution is 2.45. The van der Waals surface area contributed by atoms with E-state index < -0.39 is 23.5 Å². The first-order chi connectivity index (χ1) is 18.3. The van der Waals surface area contributed by atoms with Crippen molar-refractivity contribution >= 4 is 44.1 Å². The van der Waals surface area contributed by atoms with Gasteiger partial charge in [0.05, 0.1) is 28.4 Å². The van der Waals surface area contributed by atoms with Crippen LogP contribution in [0.1, 0.15) is 36.6 Å². The Kier molecular flexibility index (Phi) is 5.87. The Morgan fingerprint density at radius 1 is 1.16 bits per heavy atom. The molecule has 1 fully saturated rings. The fourth-order valence-corrected chi connectivity index (χ4v) is 5.99. The van der Waals surface area contributed by atoms with Crippen molar-refractivity contribution in [3.8, 4) is 11.5 Å². The molecule has 1 amide bonds. The van der Waals surface area contributed by atoms with E-state index in [1.54, 1.807) is 30.3 Å². The number of hydrogen-bond donors (Lipinski definition) is 1. The zero-order valence-electron chi connectivity index (χ0n) is 20.6. The number of hydrogen-bond acceptors (Lipinski definition) is 7. The molecule has 7 nitrogen and oxygen atoms in total. The third-order valence-corrected chi connectivity index (χ3v) is 7.68. The third-order valence-electron chi connectivity index (χ3n) is 6.67. The van der Waals surface area contributed by atoms with E-state index in [1.807, 2.05) is 19.9 Å². The topological polar surface area (TPSA) is 89.0 Å². The first-order valence-electron chi connectivity index (χ1n) is 12.2. The second-order valence-corrected chi connectivity index (χ2v) is 10.2. The zero-order valence-corrected chi connectivity index (χ0v) is 21.4. The van der Waals surface area contributed by atoms with Crippen LogP contribution in [0.15, 0.2) is 66.2 Å². The van der Waals surface area contributed by atoms with Gasteiger partial charge in [0, 0.05) is 12.0 Å². The second-order valence-electron chi connectivity index (χ2n) is 9.23. The van der Waals surface area contributed by atoms with Gasteiger partial charge >= 0.3 is 5.91 Å². The Labute approximate surface area is 221 Å². The molecule has 2 atom stereocenters. The Balaban J connectivity index is 1.50. The van der Waals surface area contributed by atoms with Gasteiger partial charge in [-0.05, 0) is 73.5 Å². The lowest BCUT2D eigenvalue weighted by atomic mass is 9.94. The second kappa shape index (κ2) is 9.25. The SMILES string of the molecule is CCOc1ccc2nc(N3C(=O)C(=O)/C(=C(/O)c4ccc5c(c4)C[C@H](C)O5)[C@H]3c3ccc(F)cc3)sc2c1. The molecule has 1 aromatic heterocycles. The molecule has 0 radical (unpaired) electrons. The van der Waals surface area contributed by atoms with Crippen LogP contribution in [0.2, 0.25) is 0 Å². The lowest BCUT2D eigenvalue weighted by Crippen LogP contribution is -2.29. The standard InChI is InChI=1S/C29H23FN2O5S/c1-3-36-20-9-10-21-23(14-20)38-29(31-21)32-25(16-4-7-19(30)8-5-16)24(27(34)28(32)35)26(33)17-6-11-22-18(13-17)12-15(2)37-22/h4-11,13-15,25,33H,3,12H2,1-2H3/b26-24+/t15-,25+/m0/s1. The van der Waals surface area contributed by atoms with Crippen LogP contribution in [-0.4, -0.2) is 34.5 Å². The maximum Gasteiger partial charge on any atom is 0.301 e. The fourth-order valence-electron chi connectivity index (χ4n) is 4.97. The van der Waals surface area contributed by atoms with Gasteiger partial charge in [0.2, 0.25) is 0 Å². The molecule has 3 aromatic carbocycles. The number of thiazole rings is 1. The number of benzene rings is 3. The van der Waals surface area contributed by atoms with Crippen LogP contribution in [0, 0.1) is 5.82 Å². The molecule has 3 heterocycles. The van der Waals surface area contributed by atoms with Crippen molar-refractivity contribution in [3.63, 3.8) is 0 Å². The molecule has 4 aromatic rings. The maximum absolute atomic E-state index is 13.8. The number of anilines is 1. The van der Waals surface area contributed by atoms with Crippen LogP contribution in [0.25, 0.3) is 16.0 Å². The molecule has 0 saturated carbocycles. The predicted octanol–water partition coefficient (Wildman–Crippen LogP) is 5.78. The van der Waals surface area contributed by atoms with Gasteiger partial charge in [-0.15, -0.1) is 0 Å². The molecule has 38 heavy (non-hydrogen) atoms. The van der Waals surface area contributed by atoms with Crippen LogP contribution < -0.4 is 14.4 Å². The number of aliphatic hydroxyl groups is 1. The molecule has 1 N–H and O–H groups in total. The normalized spacial score (nSPS) is 20.1. The minimum atomic E-state index is -0.994. The van der Waals surface area contributed by atoms with Gasteiger partial charge in [-0.2, -0.15) is 0 Å². The van der Waals surface area contributed by atoms with E-state index in [4.69, 9.17) is 9.47 Å². The smallest absolute Gasteiger partial charge is 0.301 e. The van der Waals surface area contributed by atoms with E-state index in [2.05, 4.69) is 4.98 Å². The van der Waals surface area contributed by atoms with Crippen LogP contribution in [0.5, 0.6) is 11.5 Å². The van der Waals surface area contributed by atoms with Crippen molar-refractivity contribution in [2.75, 3.05) is 11.5 Å². The van der Waals surface area contributed by atoms with E-state index in [1.165, 1.54) is 40.5 Å². The first-order valence-corrected chi connectivity index (χ1v) is 13.1. The molecule has 192 valence electrons. The summed E-state index contributed by atoms with van der Waals surface area (Å²) in [6, 6.07) is 15.1. The van der Waals surface area contributed by atoms with E-state index in [-0.39, 0.29) is 17.4 Å². The summed E-state index contributed by atoms with van der Waals surface area (Å²) >= 11 is 1.23. The van der Waals surface area contributed by atoms with Gasteiger partial charge in [-0.1, -0.05) is 23.5 Å². The van der Waals surface area contributed by atoms with Crippen molar-refractivity contribution in [3.05, 3.63) is 88.7 Å². The summed E-state index contributed by atoms with van der Waals surface area (Å²) in [5.74, 6) is -1.02. The highest BCUT2D eigenvalue weighted by molar-refractivity contribution is 7.22. The van der Waals surface area contributed by atoms with Crippen LogP contribution >= 0.6 is 11.3 Å². The number of halogens is 1. The average Bonchev–Trinajstić information content (AvgIpc) is 3.56. The van der Waals surface area contributed by atoms with Gasteiger partial charge in [-0.25, -0.2) is 9.37 Å². The Morgan fingerprint density at radius 3 is 2.71 bits per heavy atom. The Hall–Kier alpha value is -4.24. The summed E-state index contributed by atoms with van der Waals surface area (Å²) in [4.78, 5) is 32.8. The van der Waals surface area contributed by atoms with Crippen molar-refractivity contribution in [1.29, 1.82) is 0 Å². The lowest BCUT2D eigenvalue weighted by Gasteiger charge is -2.23. The quantitative estimate of drug-likeness (QED) is 0.200. The molecule has 9 heteroatoms. The minimum Gasteiger partial charge on any atom is -0.507 e. The van der Waals surface area contributed by atoms with E-state index >= 15 is 0 Å². The number of rotatable bonds is 5. The summed E-state index contributed by atoms with van der Waals surface area (Å²) in [7, 11) is 0. The van der Waals surface area contributed by atoms with Crippen molar-refractivity contribution < 1.29 is 28.6 Å². The molecule has 0 bridgehead atoms. The number of nitrogens with zero attached hydrogens (tertiary/aromatic N) is 2. The summed E-state index contributed by atoms with van der Waals surface area (Å²) < 4.78 is 25.9. The van der Waals surface area contributed by atoms with E-state index in [0.29, 0.717) is 40.6 Å². The van der Waals surface area contributed by atoms with Crippen molar-refractivity contribution in [1.82, 2.24) is 4.98 Å². The van der Waals surface area contributed by atoms with Crippen LogP contribution in [-0.2, 0) is 16.0 Å². The molecular weight excluding hydrogens is 507 g/mol. The molecule has 0 aliphatic carbocycles. The Bertz CT molecular complexity index is 1630. The van der Waals surface area contributed by atoms with Crippen molar-refractivity contribution in [2.24, 2.45) is 0 Å². The molecule has 1 saturated heterocycles. The van der Waals surface area contributed by atoms with E-state index in [9.17, 15) is 19.1 Å². The largest absolute Gasteiger partial charge is 0.507 e. The number of carbonyl (C=O) groups excluding carboxylic acids is 2. The summed E-state index contributed by atoms with van der Waals surface area (Å²) in [6.07, 6.45) is 0.677. The molecule has 2 aliphatic rings. The number of fused-ring (bicyclic) bond motifs is 2. The summed E-state index contributed by atoms with van der Waals surface area (Å²) in [5, 5.41) is 11.7. The molecule has 6 rings (SSSR count). The zero-order chi connectivity index (χ0) is 26.6. The number of Topliss-reactive ketones (excluding diaryl/α,β-unsaturated/α-hetero) is 1. The number of aliphatic hydroxyl groups excluding tert-OH is 1. The number of carbonyl (C=O) groups is 2. The minimum absolute atomic E-state index is 0.00877. The fraction of sp³-hybridized carbons (Fsp3) is 0.207. The lowest BCUT2D eigenvalue weighted by molar-refractivity contribution is -0.132. The Morgan fingerprint density at radius 2 is 1.95 bits per heavy atom. The summed E-state index contributed by atoms with van der Waals surface area (Å²) in [5.41, 5.74) is 2.34. The molecule has 2 aliphatic heterocycles. The van der Waals surface area contributed by atoms with Crippen LogP contribution in [0.3, 0.4) is 0 Å². The van der Waals surface area contributed by atoms with Gasteiger partial charge < -0.3 is 14.6 Å². The van der Waals surface area contributed by atoms with Gasteiger partial charge in [0.1, 0.15) is 29.2 Å². The van der Waals surface area contributed by atoms with Gasteiger partial charge in [0.15, 0.2) is 5.13 Å². The predicted molar refractivity (Wildman–Crippen MR) is 142 cm³/mol. The van der Waals surface area contributed by atoms with Crippen LogP contribution in [0.4, 0.5) is 9.52 Å². The highest BCUT2D eigenvalue weighted by Gasteiger charge is 2.48. The number of aromatic nitrogens is 1. The number of amides is 1. The van der Waals surface area contributed by atoms with Gasteiger partial charge in [-0.3, -0.25) is 14.5 Å². The molecule has 0 spiro atoms. The third kappa shape index (κ3) is 3.99. The maximum atomic E-state index is 13.8. The molecular formula is C29H23FN2O5S. The van der Waals surface area contributed by atoms with E-state index in [0.717, 1.165) is 16.0 Å². The van der Waals surface area contributed by atoms with Crippen molar-refractivity contribution in [2.45, 2.75) is 32.4 Å². The molecule has 0 unspecified atom stereocenters. The monoisotopic (exact) mass is 530 g/mol. The number of ether oxygens (including phenoxy) is 2. The highest BCUT2D eigenvalue weighted by atomic mass is 32.1.